The van der Waals surface area contributed by atoms with Gasteiger partial charge in [0.05, 0.1) is 6.10 Å². The largest absolute Gasteiger partial charge is 0.457 e. The number of piperidine rings is 2. The third-order valence-electron chi connectivity index (χ3n) is 5.85. The number of hydrogen-bond donors (Lipinski definition) is 3. The Morgan fingerprint density at radius 1 is 1.03 bits per heavy atom. The fraction of sp³-hybridized carbons (Fsp3) is 0.455. The smallest absolute Gasteiger partial charge is 0.323 e. The first kappa shape index (κ1) is 20.4. The molecule has 30 heavy (non-hydrogen) atoms. The number of nitrogens with one attached hydrogen (secondary N) is 1. The van der Waals surface area contributed by atoms with Crippen molar-refractivity contribution in [2.24, 2.45) is 0 Å². The lowest BCUT2D eigenvalue weighted by Gasteiger charge is -2.41. The van der Waals surface area contributed by atoms with Crippen LogP contribution < -0.4 is 15.8 Å². The summed E-state index contributed by atoms with van der Waals surface area (Å²) in [6.07, 6.45) is 5.06. The number of nitrogen functional groups attached to an aromatic ring is 1. The molecule has 3 heterocycles. The third kappa shape index (κ3) is 5.20. The van der Waals surface area contributed by atoms with Crippen LogP contribution in [0.1, 0.15) is 25.7 Å². The fourth-order valence-corrected chi connectivity index (χ4v) is 4.09. The second-order valence-corrected chi connectivity index (χ2v) is 7.96. The maximum Gasteiger partial charge on any atom is 0.323 e. The van der Waals surface area contributed by atoms with Gasteiger partial charge in [-0.05, 0) is 56.0 Å². The molecule has 8 heteroatoms. The molecular weight excluding hydrogens is 382 g/mol. The zero-order valence-electron chi connectivity index (χ0n) is 17.0. The molecule has 0 atom stereocenters. The highest BCUT2D eigenvalue weighted by Gasteiger charge is 2.29. The van der Waals surface area contributed by atoms with Crippen LogP contribution in [0.15, 0.2) is 42.6 Å². The van der Waals surface area contributed by atoms with E-state index >= 15 is 0 Å². The lowest BCUT2D eigenvalue weighted by Crippen LogP contribution is -2.50. The SMILES string of the molecule is Nc1ccc(Oc2ccnc(NC(=O)N3CCC(N4CCC(O)CC4)CC3)c2)cc1. The van der Waals surface area contributed by atoms with Gasteiger partial charge < -0.3 is 25.4 Å². The third-order valence-corrected chi connectivity index (χ3v) is 5.85. The molecule has 1 aromatic heterocycles. The Hall–Kier alpha value is -2.84. The van der Waals surface area contributed by atoms with Gasteiger partial charge in [0.25, 0.3) is 0 Å². The molecule has 2 amide bonds. The molecule has 0 aliphatic carbocycles. The number of aliphatic hydroxyl groups excluding tert-OH is 1. The highest BCUT2D eigenvalue weighted by atomic mass is 16.5. The molecule has 0 unspecified atom stereocenters. The van der Waals surface area contributed by atoms with Gasteiger partial charge in [-0.1, -0.05) is 0 Å². The normalized spacial score (nSPS) is 18.9. The van der Waals surface area contributed by atoms with E-state index in [0.29, 0.717) is 29.0 Å². The van der Waals surface area contributed by atoms with Gasteiger partial charge in [-0.3, -0.25) is 5.32 Å². The lowest BCUT2D eigenvalue weighted by atomic mass is 9.99. The van der Waals surface area contributed by atoms with Gasteiger partial charge in [-0.2, -0.15) is 0 Å². The van der Waals surface area contributed by atoms with Gasteiger partial charge >= 0.3 is 6.03 Å². The Balaban J connectivity index is 1.28. The monoisotopic (exact) mass is 411 g/mol. The number of carbonyl (C=O) groups excluding carboxylic acids is 1. The molecule has 2 aliphatic rings. The van der Waals surface area contributed by atoms with Crippen LogP contribution >= 0.6 is 0 Å². The summed E-state index contributed by atoms with van der Waals surface area (Å²) in [5.41, 5.74) is 6.37. The van der Waals surface area contributed by atoms with Crippen LogP contribution in [0.25, 0.3) is 0 Å². The highest BCUT2D eigenvalue weighted by molar-refractivity contribution is 5.88. The van der Waals surface area contributed by atoms with E-state index in [4.69, 9.17) is 10.5 Å². The highest BCUT2D eigenvalue weighted by Crippen LogP contribution is 2.25. The number of nitrogens with zero attached hydrogens (tertiary/aromatic N) is 3. The Bertz CT molecular complexity index is 844. The first-order chi connectivity index (χ1) is 14.6. The topological polar surface area (TPSA) is 104 Å². The Morgan fingerprint density at radius 3 is 2.43 bits per heavy atom. The number of nitrogens with two attached hydrogens (primary N) is 1. The molecule has 4 rings (SSSR count). The van der Waals surface area contributed by atoms with Crippen molar-refractivity contribution < 1.29 is 14.6 Å². The van der Waals surface area contributed by atoms with Gasteiger partial charge in [-0.15, -0.1) is 0 Å². The lowest BCUT2D eigenvalue weighted by molar-refractivity contribution is 0.0437. The van der Waals surface area contributed by atoms with E-state index in [1.807, 2.05) is 4.90 Å². The molecule has 0 radical (unpaired) electrons. The molecular formula is C22H29N5O3. The summed E-state index contributed by atoms with van der Waals surface area (Å²) in [7, 11) is 0. The summed E-state index contributed by atoms with van der Waals surface area (Å²) in [6.45, 7) is 3.33. The Morgan fingerprint density at radius 2 is 1.73 bits per heavy atom. The van der Waals surface area contributed by atoms with E-state index in [0.717, 1.165) is 51.9 Å². The molecule has 0 saturated carbocycles. The van der Waals surface area contributed by atoms with Crippen molar-refractivity contribution in [3.63, 3.8) is 0 Å². The molecule has 1 aromatic carbocycles. The molecule has 2 fully saturated rings. The van der Waals surface area contributed by atoms with Crippen LogP contribution in [0.5, 0.6) is 11.5 Å². The summed E-state index contributed by atoms with van der Waals surface area (Å²) < 4.78 is 5.81. The molecule has 0 bridgehead atoms. The predicted molar refractivity (Wildman–Crippen MR) is 116 cm³/mol. The van der Waals surface area contributed by atoms with Crippen molar-refractivity contribution in [2.75, 3.05) is 37.2 Å². The number of hydrogen-bond acceptors (Lipinski definition) is 6. The van der Waals surface area contributed by atoms with E-state index < -0.39 is 0 Å². The number of aliphatic hydroxyl groups is 1. The number of carbonyl (C=O) groups is 1. The van der Waals surface area contributed by atoms with Crippen molar-refractivity contribution in [3.05, 3.63) is 42.6 Å². The van der Waals surface area contributed by atoms with Crippen LogP contribution in [0, 0.1) is 0 Å². The molecule has 0 spiro atoms. The molecule has 2 saturated heterocycles. The summed E-state index contributed by atoms with van der Waals surface area (Å²) >= 11 is 0. The zero-order valence-corrected chi connectivity index (χ0v) is 17.0. The van der Waals surface area contributed by atoms with E-state index in [1.54, 1.807) is 42.6 Å². The van der Waals surface area contributed by atoms with Gasteiger partial charge in [0.1, 0.15) is 17.3 Å². The Kier molecular flexibility index (Phi) is 6.35. The average Bonchev–Trinajstić information content (AvgIpc) is 2.76. The fourth-order valence-electron chi connectivity index (χ4n) is 4.09. The minimum atomic E-state index is -0.153. The van der Waals surface area contributed by atoms with Crippen molar-refractivity contribution >= 4 is 17.5 Å². The maximum absolute atomic E-state index is 12.7. The number of aromatic nitrogens is 1. The standard InChI is InChI=1S/C22H29N5O3/c23-16-1-3-19(4-2-16)30-20-5-10-24-21(15-20)25-22(29)27-11-6-17(7-12-27)26-13-8-18(28)9-14-26/h1-5,10,15,17-18,28H,6-9,11-14,23H2,(H,24,25,29). The van der Waals surface area contributed by atoms with Crippen LogP contribution in [0.4, 0.5) is 16.3 Å². The summed E-state index contributed by atoms with van der Waals surface area (Å²) in [5.74, 6) is 1.72. The van der Waals surface area contributed by atoms with Gasteiger partial charge in [-0.25, -0.2) is 9.78 Å². The quantitative estimate of drug-likeness (QED) is 0.669. The molecule has 2 aliphatic heterocycles. The number of amides is 2. The molecule has 8 nitrogen and oxygen atoms in total. The van der Waals surface area contributed by atoms with Crippen LogP contribution in [-0.4, -0.2) is 64.2 Å². The van der Waals surface area contributed by atoms with Crippen molar-refractivity contribution in [1.29, 1.82) is 0 Å². The Labute approximate surface area is 176 Å². The van der Waals surface area contributed by atoms with Crippen LogP contribution in [-0.2, 0) is 0 Å². The van der Waals surface area contributed by atoms with Crippen molar-refractivity contribution in [3.8, 4) is 11.5 Å². The zero-order chi connectivity index (χ0) is 20.9. The number of rotatable bonds is 4. The number of urea groups is 1. The van der Waals surface area contributed by atoms with Gasteiger partial charge in [0.2, 0.25) is 0 Å². The minimum Gasteiger partial charge on any atom is -0.457 e. The summed E-state index contributed by atoms with van der Waals surface area (Å²) in [4.78, 5) is 21.2. The first-order valence-electron chi connectivity index (χ1n) is 10.5. The van der Waals surface area contributed by atoms with Crippen molar-refractivity contribution in [2.45, 2.75) is 37.8 Å². The average molecular weight is 412 g/mol. The van der Waals surface area contributed by atoms with Crippen molar-refractivity contribution in [1.82, 2.24) is 14.8 Å². The summed E-state index contributed by atoms with van der Waals surface area (Å²) in [6, 6.07) is 10.9. The predicted octanol–water partition coefficient (Wildman–Crippen LogP) is 2.91. The molecule has 2 aromatic rings. The van der Waals surface area contributed by atoms with Gasteiger partial charge in [0, 0.05) is 50.2 Å². The first-order valence-corrected chi connectivity index (χ1v) is 10.5. The molecule has 4 N–H and O–H groups in total. The summed E-state index contributed by atoms with van der Waals surface area (Å²) in [5, 5.41) is 12.6. The minimum absolute atomic E-state index is 0.139. The van der Waals surface area contributed by atoms with E-state index in [2.05, 4.69) is 15.2 Å². The van der Waals surface area contributed by atoms with E-state index in [1.165, 1.54) is 0 Å². The number of pyridine rings is 1. The number of likely N-dealkylation sites (tertiary alicyclic amines) is 2. The molecule has 160 valence electrons. The second kappa shape index (κ2) is 9.32. The number of ether oxygens (including phenoxy) is 1. The van der Waals surface area contributed by atoms with Crippen LogP contribution in [0.3, 0.4) is 0 Å². The maximum atomic E-state index is 12.7. The second-order valence-electron chi connectivity index (χ2n) is 7.96. The van der Waals surface area contributed by atoms with E-state index in [9.17, 15) is 9.90 Å². The number of anilines is 2. The number of benzene rings is 1. The van der Waals surface area contributed by atoms with E-state index in [-0.39, 0.29) is 12.1 Å². The van der Waals surface area contributed by atoms with Gasteiger partial charge in [0.15, 0.2) is 0 Å². The van der Waals surface area contributed by atoms with Crippen LogP contribution in [0.2, 0.25) is 0 Å².